The molecule has 0 atom stereocenters. The topological polar surface area (TPSA) is 77.2 Å². The van der Waals surface area contributed by atoms with Gasteiger partial charge in [0, 0.05) is 12.3 Å². The molecule has 0 fully saturated rings. The smallest absolute Gasteiger partial charge is 0.388 e. The molecule has 0 saturated heterocycles. The van der Waals surface area contributed by atoms with Gasteiger partial charge in [0.1, 0.15) is 0 Å². The molecule has 1 N–H and O–H groups in total. The molecule has 2 rings (SSSR count). The van der Waals surface area contributed by atoms with E-state index in [4.69, 9.17) is 16.7 Å². The highest BCUT2D eigenvalue weighted by atomic mass is 35.5. The van der Waals surface area contributed by atoms with E-state index in [1.165, 1.54) is 18.3 Å². The van der Waals surface area contributed by atoms with Gasteiger partial charge in [-0.3, -0.25) is 0 Å². The van der Waals surface area contributed by atoms with Crippen LogP contribution in [0.25, 0.3) is 5.82 Å². The first-order chi connectivity index (χ1) is 8.99. The molecule has 100 valence electrons. The van der Waals surface area contributed by atoms with Gasteiger partial charge >= 0.3 is 12.6 Å². The van der Waals surface area contributed by atoms with Crippen molar-refractivity contribution in [3.63, 3.8) is 0 Å². The van der Waals surface area contributed by atoms with E-state index in [1.54, 1.807) is 0 Å². The molecule has 0 bridgehead atoms. The van der Waals surface area contributed by atoms with Crippen LogP contribution in [0.4, 0.5) is 8.78 Å². The highest BCUT2D eigenvalue weighted by molar-refractivity contribution is 6.32. The van der Waals surface area contributed by atoms with E-state index in [0.29, 0.717) is 0 Å². The van der Waals surface area contributed by atoms with Gasteiger partial charge in [0.2, 0.25) is 5.88 Å². The largest absolute Gasteiger partial charge is 0.477 e. The van der Waals surface area contributed by atoms with Crippen molar-refractivity contribution < 1.29 is 23.4 Å². The summed E-state index contributed by atoms with van der Waals surface area (Å²) in [5, 5.41) is 12.7. The fourth-order valence-corrected chi connectivity index (χ4v) is 1.56. The van der Waals surface area contributed by atoms with Crippen molar-refractivity contribution in [2.24, 2.45) is 0 Å². The number of carbonyl (C=O) groups is 1. The van der Waals surface area contributed by atoms with Crippen LogP contribution in [-0.4, -0.2) is 32.5 Å². The van der Waals surface area contributed by atoms with Crippen molar-refractivity contribution in [3.8, 4) is 11.7 Å². The summed E-state index contributed by atoms with van der Waals surface area (Å²) >= 11 is 5.85. The molecule has 0 aliphatic heterocycles. The first-order valence-corrected chi connectivity index (χ1v) is 5.26. The molecule has 6 nitrogen and oxygen atoms in total. The molecule has 2 heterocycles. The van der Waals surface area contributed by atoms with Gasteiger partial charge in [0.05, 0.1) is 5.02 Å². The summed E-state index contributed by atoms with van der Waals surface area (Å²) in [5.41, 5.74) is -0.392. The summed E-state index contributed by atoms with van der Waals surface area (Å²) < 4.78 is 29.0. The quantitative estimate of drug-likeness (QED) is 0.934. The first kappa shape index (κ1) is 13.2. The molecule has 0 aliphatic carbocycles. The van der Waals surface area contributed by atoms with E-state index in [0.717, 1.165) is 10.7 Å². The second kappa shape index (κ2) is 5.19. The minimum absolute atomic E-state index is 0.00526. The van der Waals surface area contributed by atoms with Crippen LogP contribution >= 0.6 is 11.6 Å². The third kappa shape index (κ3) is 2.79. The highest BCUT2D eigenvalue weighted by Gasteiger charge is 2.20. The Hall–Kier alpha value is -2.22. The van der Waals surface area contributed by atoms with E-state index in [9.17, 15) is 13.6 Å². The monoisotopic (exact) mass is 289 g/mol. The van der Waals surface area contributed by atoms with E-state index in [2.05, 4.69) is 14.8 Å². The Morgan fingerprint density at radius 2 is 2.26 bits per heavy atom. The van der Waals surface area contributed by atoms with Gasteiger partial charge in [-0.2, -0.15) is 8.78 Å². The van der Waals surface area contributed by atoms with Gasteiger partial charge in [-0.15, -0.1) is 5.10 Å². The standard InChI is InChI=1S/C10H6ClF2N3O3/c11-5-2-1-3-14-8(5)16-6(9(17)18)4-7(15-16)19-10(12)13/h1-4,10H,(H,17,18). The van der Waals surface area contributed by atoms with Crippen LogP contribution in [0.2, 0.25) is 5.02 Å². The second-order valence-electron chi connectivity index (χ2n) is 3.27. The molecule has 0 saturated carbocycles. The first-order valence-electron chi connectivity index (χ1n) is 4.88. The van der Waals surface area contributed by atoms with Gasteiger partial charge in [0.15, 0.2) is 11.5 Å². The molecule has 2 aromatic heterocycles. The maximum atomic E-state index is 12.1. The summed E-state index contributed by atoms with van der Waals surface area (Å²) in [5.74, 6) is -1.90. The number of hydrogen-bond donors (Lipinski definition) is 1. The molecular weight excluding hydrogens is 284 g/mol. The minimum atomic E-state index is -3.11. The Kier molecular flexibility index (Phi) is 3.61. The zero-order valence-electron chi connectivity index (χ0n) is 9.13. The molecular formula is C10H6ClF2N3O3. The molecule has 0 unspecified atom stereocenters. The van der Waals surface area contributed by atoms with E-state index >= 15 is 0 Å². The van der Waals surface area contributed by atoms with Crippen molar-refractivity contribution >= 4 is 17.6 Å². The number of pyridine rings is 1. The number of halogens is 3. The van der Waals surface area contributed by atoms with Crippen molar-refractivity contribution in [1.82, 2.24) is 14.8 Å². The van der Waals surface area contributed by atoms with E-state index < -0.39 is 24.2 Å². The zero-order valence-corrected chi connectivity index (χ0v) is 9.88. The maximum absolute atomic E-state index is 12.1. The van der Waals surface area contributed by atoms with Crippen LogP contribution in [-0.2, 0) is 0 Å². The molecule has 0 spiro atoms. The van der Waals surface area contributed by atoms with Crippen LogP contribution in [0.3, 0.4) is 0 Å². The Labute approximate surface area is 110 Å². The van der Waals surface area contributed by atoms with Crippen molar-refractivity contribution in [2.75, 3.05) is 0 Å². The number of carboxylic acid groups (broad SMARTS) is 1. The molecule has 0 aromatic carbocycles. The van der Waals surface area contributed by atoms with Crippen LogP contribution in [0.1, 0.15) is 10.5 Å². The van der Waals surface area contributed by atoms with Gasteiger partial charge < -0.3 is 9.84 Å². The number of ether oxygens (including phenoxy) is 1. The van der Waals surface area contributed by atoms with Crippen LogP contribution in [0.15, 0.2) is 24.4 Å². The predicted molar refractivity (Wildman–Crippen MR) is 60.0 cm³/mol. The third-order valence-electron chi connectivity index (χ3n) is 2.06. The Bertz CT molecular complexity index is 618. The van der Waals surface area contributed by atoms with Crippen LogP contribution in [0, 0.1) is 0 Å². The minimum Gasteiger partial charge on any atom is -0.477 e. The summed E-state index contributed by atoms with van der Waals surface area (Å²) in [6, 6.07) is 3.86. The maximum Gasteiger partial charge on any atom is 0.388 e. The fourth-order valence-electron chi connectivity index (χ4n) is 1.36. The normalized spacial score (nSPS) is 10.7. The van der Waals surface area contributed by atoms with E-state index in [1.807, 2.05) is 0 Å². The van der Waals surface area contributed by atoms with Gasteiger partial charge in [-0.25, -0.2) is 14.5 Å². The number of aromatic carboxylic acids is 1. The average molecular weight is 290 g/mol. The number of aromatic nitrogens is 3. The van der Waals surface area contributed by atoms with Crippen LogP contribution in [0.5, 0.6) is 5.88 Å². The number of hydrogen-bond acceptors (Lipinski definition) is 4. The lowest BCUT2D eigenvalue weighted by atomic mass is 10.4. The summed E-state index contributed by atoms with van der Waals surface area (Å²) in [6.07, 6.45) is 1.36. The predicted octanol–water partition coefficient (Wildman–Crippen LogP) is 2.22. The van der Waals surface area contributed by atoms with Crippen LogP contribution < -0.4 is 4.74 Å². The Morgan fingerprint density at radius 1 is 1.53 bits per heavy atom. The zero-order chi connectivity index (χ0) is 14.0. The number of nitrogens with zero attached hydrogens (tertiary/aromatic N) is 3. The number of rotatable bonds is 4. The third-order valence-corrected chi connectivity index (χ3v) is 2.35. The Morgan fingerprint density at radius 3 is 2.84 bits per heavy atom. The second-order valence-corrected chi connectivity index (χ2v) is 3.68. The number of carboxylic acids is 1. The van der Waals surface area contributed by atoms with Crippen molar-refractivity contribution in [2.45, 2.75) is 6.61 Å². The molecule has 0 radical (unpaired) electrons. The van der Waals surface area contributed by atoms with Crippen molar-refractivity contribution in [3.05, 3.63) is 35.1 Å². The van der Waals surface area contributed by atoms with Gasteiger partial charge in [-0.1, -0.05) is 11.6 Å². The lowest BCUT2D eigenvalue weighted by molar-refractivity contribution is -0.0530. The summed E-state index contributed by atoms with van der Waals surface area (Å²) in [4.78, 5) is 14.9. The molecule has 9 heteroatoms. The fraction of sp³-hybridized carbons (Fsp3) is 0.100. The Balaban J connectivity index is 2.52. The molecule has 19 heavy (non-hydrogen) atoms. The number of alkyl halides is 2. The molecule has 0 amide bonds. The van der Waals surface area contributed by atoms with Gasteiger partial charge in [-0.05, 0) is 12.1 Å². The lowest BCUT2D eigenvalue weighted by Gasteiger charge is -2.04. The molecule has 0 aliphatic rings. The highest BCUT2D eigenvalue weighted by Crippen LogP contribution is 2.22. The molecule has 2 aromatic rings. The summed E-state index contributed by atoms with van der Waals surface area (Å²) in [7, 11) is 0. The SMILES string of the molecule is O=C(O)c1cc(OC(F)F)nn1-c1ncccc1Cl. The lowest BCUT2D eigenvalue weighted by Crippen LogP contribution is -2.10. The van der Waals surface area contributed by atoms with E-state index in [-0.39, 0.29) is 10.8 Å². The summed E-state index contributed by atoms with van der Waals surface area (Å²) in [6.45, 7) is -3.11. The van der Waals surface area contributed by atoms with Crippen molar-refractivity contribution in [1.29, 1.82) is 0 Å². The average Bonchev–Trinajstić information content (AvgIpc) is 2.72. The van der Waals surface area contributed by atoms with Gasteiger partial charge in [0.25, 0.3) is 0 Å².